The number of hydrogen-bond acceptors (Lipinski definition) is 4. The first kappa shape index (κ1) is 17.0. The number of rotatable bonds is 4. The van der Waals surface area contributed by atoms with Crippen LogP contribution >= 0.6 is 27.7 Å². The van der Waals surface area contributed by atoms with Gasteiger partial charge in [-0.3, -0.25) is 0 Å². The Morgan fingerprint density at radius 3 is 2.58 bits per heavy atom. The third kappa shape index (κ3) is 4.18. The van der Waals surface area contributed by atoms with Crippen LogP contribution in [-0.2, 0) is 11.9 Å². The zero-order valence-electron chi connectivity index (χ0n) is 12.0. The number of benzene rings is 2. The zero-order valence-corrected chi connectivity index (χ0v) is 14.5. The summed E-state index contributed by atoms with van der Waals surface area (Å²) in [7, 11) is 0. The molecule has 0 spiro atoms. The molecule has 1 heterocycles. The van der Waals surface area contributed by atoms with Gasteiger partial charge in [0.15, 0.2) is 0 Å². The number of hydrogen-bond donors (Lipinski definition) is 0. The van der Waals surface area contributed by atoms with Crippen LogP contribution in [0, 0.1) is 0 Å². The van der Waals surface area contributed by atoms with E-state index in [1.165, 1.54) is 17.8 Å². The maximum absolute atomic E-state index is 12.7. The molecular weight excluding hydrogens is 405 g/mol. The van der Waals surface area contributed by atoms with E-state index in [-0.39, 0.29) is 0 Å². The minimum absolute atomic E-state index is 0.308. The maximum atomic E-state index is 12.7. The molecule has 0 aliphatic rings. The van der Waals surface area contributed by atoms with E-state index in [1.54, 1.807) is 6.07 Å². The predicted octanol–water partition coefficient (Wildman–Crippen LogP) is 5.81. The lowest BCUT2D eigenvalue weighted by Gasteiger charge is -2.07. The highest BCUT2D eigenvalue weighted by atomic mass is 79.9. The number of nitrogens with zero attached hydrogens (tertiary/aromatic N) is 2. The molecule has 0 N–H and O–H groups in total. The van der Waals surface area contributed by atoms with E-state index < -0.39 is 11.7 Å². The van der Waals surface area contributed by atoms with Crippen molar-refractivity contribution in [3.8, 4) is 11.5 Å². The first-order valence-electron chi connectivity index (χ1n) is 6.80. The van der Waals surface area contributed by atoms with E-state index >= 15 is 0 Å². The van der Waals surface area contributed by atoms with Crippen LogP contribution in [0.25, 0.3) is 11.5 Å². The smallest absolute Gasteiger partial charge is 0.411 e. The summed E-state index contributed by atoms with van der Waals surface area (Å²) < 4.78 is 44.5. The molecule has 0 saturated carbocycles. The Bertz CT molecular complexity index is 851. The fraction of sp³-hybridized carbons (Fsp3) is 0.125. The van der Waals surface area contributed by atoms with E-state index in [9.17, 15) is 13.2 Å². The summed E-state index contributed by atoms with van der Waals surface area (Å²) in [6.07, 6.45) is -4.35. The molecule has 0 bridgehead atoms. The molecule has 124 valence electrons. The van der Waals surface area contributed by atoms with Crippen LogP contribution in [0.1, 0.15) is 11.1 Å². The Morgan fingerprint density at radius 1 is 1.04 bits per heavy atom. The van der Waals surface area contributed by atoms with Crippen LogP contribution in [0.5, 0.6) is 0 Å². The highest BCUT2D eigenvalue weighted by molar-refractivity contribution is 9.10. The Labute approximate surface area is 148 Å². The largest absolute Gasteiger partial charge is 0.416 e. The van der Waals surface area contributed by atoms with E-state index in [2.05, 4.69) is 26.1 Å². The maximum Gasteiger partial charge on any atom is 0.416 e. The molecule has 3 aromatic rings. The zero-order chi connectivity index (χ0) is 17.2. The third-order valence-electron chi connectivity index (χ3n) is 3.09. The molecule has 8 heteroatoms. The molecule has 0 aliphatic heterocycles. The molecule has 0 saturated heterocycles. The summed E-state index contributed by atoms with van der Waals surface area (Å²) in [4.78, 5) is 0. The van der Waals surface area contributed by atoms with Crippen molar-refractivity contribution in [1.82, 2.24) is 10.2 Å². The van der Waals surface area contributed by atoms with Gasteiger partial charge in [-0.2, -0.15) is 13.2 Å². The van der Waals surface area contributed by atoms with Gasteiger partial charge in [0.1, 0.15) is 0 Å². The molecule has 3 nitrogen and oxygen atoms in total. The third-order valence-corrected chi connectivity index (χ3v) is 4.48. The van der Waals surface area contributed by atoms with Gasteiger partial charge in [-0.05, 0) is 29.8 Å². The minimum Gasteiger partial charge on any atom is -0.411 e. The topological polar surface area (TPSA) is 38.9 Å². The second-order valence-electron chi connectivity index (χ2n) is 4.87. The lowest BCUT2D eigenvalue weighted by molar-refractivity contribution is -0.137. The van der Waals surface area contributed by atoms with Gasteiger partial charge >= 0.3 is 6.18 Å². The number of thioether (sulfide) groups is 1. The van der Waals surface area contributed by atoms with Gasteiger partial charge in [0, 0.05) is 15.8 Å². The average molecular weight is 415 g/mol. The lowest BCUT2D eigenvalue weighted by atomic mass is 10.1. The summed E-state index contributed by atoms with van der Waals surface area (Å²) in [5.41, 5.74) is 0.640. The summed E-state index contributed by atoms with van der Waals surface area (Å²) in [5.74, 6) is 0.673. The highest BCUT2D eigenvalue weighted by Gasteiger charge is 2.30. The summed E-state index contributed by atoms with van der Waals surface area (Å²) >= 11 is 4.56. The van der Waals surface area contributed by atoms with Crippen LogP contribution in [0.3, 0.4) is 0 Å². The van der Waals surface area contributed by atoms with Crippen molar-refractivity contribution in [2.75, 3.05) is 0 Å². The van der Waals surface area contributed by atoms with Crippen LogP contribution in [0.15, 0.2) is 62.6 Å². The van der Waals surface area contributed by atoms with Crippen LogP contribution in [0.2, 0.25) is 0 Å². The Morgan fingerprint density at radius 2 is 1.83 bits per heavy atom. The first-order valence-corrected chi connectivity index (χ1v) is 8.58. The van der Waals surface area contributed by atoms with Gasteiger partial charge in [0.05, 0.1) is 5.56 Å². The Balaban J connectivity index is 1.70. The van der Waals surface area contributed by atoms with Gasteiger partial charge in [0.2, 0.25) is 5.89 Å². The minimum atomic E-state index is -4.35. The lowest BCUT2D eigenvalue weighted by Crippen LogP contribution is -2.04. The van der Waals surface area contributed by atoms with E-state index in [0.717, 1.165) is 22.2 Å². The standard InChI is InChI=1S/C16H10BrF3N2OS/c17-13-6-2-4-11(8-13)14-21-22-15(23-14)24-9-10-3-1-5-12(7-10)16(18,19)20/h1-8H,9H2. The summed E-state index contributed by atoms with van der Waals surface area (Å²) in [5, 5.41) is 8.18. The van der Waals surface area contributed by atoms with E-state index in [0.29, 0.717) is 22.4 Å². The molecule has 3 rings (SSSR count). The van der Waals surface area contributed by atoms with Gasteiger partial charge < -0.3 is 4.42 Å². The van der Waals surface area contributed by atoms with Gasteiger partial charge in [-0.1, -0.05) is 52.0 Å². The summed E-state index contributed by atoms with van der Waals surface area (Å²) in [6, 6.07) is 12.6. The molecule has 24 heavy (non-hydrogen) atoms. The van der Waals surface area contributed by atoms with Crippen LogP contribution in [-0.4, -0.2) is 10.2 Å². The molecule has 0 radical (unpaired) electrons. The number of aromatic nitrogens is 2. The van der Waals surface area contributed by atoms with Crippen molar-refractivity contribution < 1.29 is 17.6 Å². The molecule has 0 aliphatic carbocycles. The second-order valence-corrected chi connectivity index (χ2v) is 6.71. The Hall–Kier alpha value is -1.80. The van der Waals surface area contributed by atoms with E-state index in [1.807, 2.05) is 24.3 Å². The van der Waals surface area contributed by atoms with E-state index in [4.69, 9.17) is 4.42 Å². The van der Waals surface area contributed by atoms with Crippen molar-refractivity contribution in [3.63, 3.8) is 0 Å². The number of alkyl halides is 3. The average Bonchev–Trinajstić information content (AvgIpc) is 3.01. The van der Waals surface area contributed by atoms with Crippen molar-refractivity contribution in [2.45, 2.75) is 17.2 Å². The quantitative estimate of drug-likeness (QED) is 0.504. The molecule has 0 amide bonds. The SMILES string of the molecule is FC(F)(F)c1cccc(CSc2nnc(-c3cccc(Br)c3)o2)c1. The normalized spacial score (nSPS) is 11.7. The van der Waals surface area contributed by atoms with Crippen molar-refractivity contribution >= 4 is 27.7 Å². The molecule has 0 unspecified atom stereocenters. The fourth-order valence-corrected chi connectivity index (χ4v) is 3.09. The molecule has 2 aromatic carbocycles. The van der Waals surface area contributed by atoms with Crippen LogP contribution in [0.4, 0.5) is 13.2 Å². The highest BCUT2D eigenvalue weighted by Crippen LogP contribution is 2.31. The molecular formula is C16H10BrF3N2OS. The predicted molar refractivity (Wildman–Crippen MR) is 88.4 cm³/mol. The molecule has 1 aromatic heterocycles. The monoisotopic (exact) mass is 414 g/mol. The second kappa shape index (κ2) is 6.98. The van der Waals surface area contributed by atoms with Crippen LogP contribution < -0.4 is 0 Å². The fourth-order valence-electron chi connectivity index (χ4n) is 1.99. The Kier molecular flexibility index (Phi) is 4.96. The van der Waals surface area contributed by atoms with Gasteiger partial charge in [-0.15, -0.1) is 10.2 Å². The first-order chi connectivity index (χ1) is 11.4. The summed E-state index contributed by atoms with van der Waals surface area (Å²) in [6.45, 7) is 0. The molecule has 0 atom stereocenters. The van der Waals surface area contributed by atoms with Crippen molar-refractivity contribution in [1.29, 1.82) is 0 Å². The molecule has 0 fully saturated rings. The van der Waals surface area contributed by atoms with Crippen molar-refractivity contribution in [3.05, 3.63) is 64.1 Å². The number of halogens is 4. The van der Waals surface area contributed by atoms with Gasteiger partial charge in [0.25, 0.3) is 5.22 Å². The van der Waals surface area contributed by atoms with Crippen molar-refractivity contribution in [2.24, 2.45) is 0 Å². The van der Waals surface area contributed by atoms with Gasteiger partial charge in [-0.25, -0.2) is 0 Å².